The molecule has 0 saturated carbocycles. The fraction of sp³-hybridized carbons (Fsp3) is 0.286. The highest BCUT2D eigenvalue weighted by Gasteiger charge is 2.50. The van der Waals surface area contributed by atoms with Gasteiger partial charge in [0.05, 0.1) is 23.2 Å². The Bertz CT molecular complexity index is 1330. The number of amides is 1. The van der Waals surface area contributed by atoms with Gasteiger partial charge in [-0.15, -0.1) is 0 Å². The molecule has 1 atom stereocenters. The Morgan fingerprint density at radius 2 is 1.82 bits per heavy atom. The van der Waals surface area contributed by atoms with E-state index >= 15 is 0 Å². The van der Waals surface area contributed by atoms with Gasteiger partial charge in [-0.05, 0) is 86.2 Å². The number of halogens is 1. The van der Waals surface area contributed by atoms with Crippen molar-refractivity contribution in [2.45, 2.75) is 51.0 Å². The number of benzene rings is 3. The largest absolute Gasteiger partial charge is 0.488 e. The van der Waals surface area contributed by atoms with E-state index in [0.717, 1.165) is 35.3 Å². The Balaban J connectivity index is 1.67. The summed E-state index contributed by atoms with van der Waals surface area (Å²) in [5.74, 6) is -0.237. The molecule has 0 aliphatic carbocycles. The number of anilines is 2. The number of para-hydroxylation sites is 1. The molecule has 1 amide bonds. The minimum absolute atomic E-state index is 0.139. The van der Waals surface area contributed by atoms with E-state index in [1.807, 2.05) is 37.3 Å². The van der Waals surface area contributed by atoms with Gasteiger partial charge in [-0.25, -0.2) is 0 Å². The van der Waals surface area contributed by atoms with Crippen LogP contribution in [0, 0.1) is 0 Å². The maximum Gasteiger partial charge on any atom is 0.307 e. The molecule has 0 aromatic heterocycles. The topological polar surface area (TPSA) is 66.8 Å². The van der Waals surface area contributed by atoms with Gasteiger partial charge in [0.2, 0.25) is 5.91 Å². The minimum Gasteiger partial charge on any atom is -0.488 e. The lowest BCUT2D eigenvalue weighted by Gasteiger charge is -2.34. The van der Waals surface area contributed by atoms with Gasteiger partial charge in [0.15, 0.2) is 0 Å². The van der Waals surface area contributed by atoms with Gasteiger partial charge in [-0.3, -0.25) is 14.5 Å². The third kappa shape index (κ3) is 3.55. The first kappa shape index (κ1) is 22.5. The molecule has 6 heteroatoms. The van der Waals surface area contributed by atoms with Crippen molar-refractivity contribution in [3.8, 4) is 5.75 Å². The van der Waals surface area contributed by atoms with Crippen molar-refractivity contribution < 1.29 is 19.4 Å². The first-order valence-electron chi connectivity index (χ1n) is 11.4. The van der Waals surface area contributed by atoms with Crippen molar-refractivity contribution in [1.29, 1.82) is 0 Å². The van der Waals surface area contributed by atoms with Crippen LogP contribution < -0.4 is 9.64 Å². The Labute approximate surface area is 203 Å². The van der Waals surface area contributed by atoms with E-state index in [2.05, 4.69) is 19.9 Å². The summed E-state index contributed by atoms with van der Waals surface area (Å²) in [6.07, 6.45) is 1.59. The van der Waals surface area contributed by atoms with Crippen LogP contribution in [0.1, 0.15) is 49.4 Å². The second kappa shape index (κ2) is 7.88. The van der Waals surface area contributed by atoms with Crippen molar-refractivity contribution in [1.82, 2.24) is 0 Å². The van der Waals surface area contributed by atoms with Crippen molar-refractivity contribution >= 4 is 34.9 Å². The molecule has 3 aromatic rings. The van der Waals surface area contributed by atoms with Crippen LogP contribution in [0.25, 0.3) is 0 Å². The van der Waals surface area contributed by atoms with Crippen LogP contribution in [0.2, 0.25) is 5.02 Å². The molecule has 0 unspecified atom stereocenters. The molecule has 2 aliphatic heterocycles. The SMILES string of the molecule is CC1(C)CCc2cc([C@]3(C)C(=O)N(c4ccccc4CC(=O)O)c4ccc(Cl)cc43)ccc2O1. The second-order valence-electron chi connectivity index (χ2n) is 9.81. The van der Waals surface area contributed by atoms with Crippen LogP contribution in [0.15, 0.2) is 60.7 Å². The summed E-state index contributed by atoms with van der Waals surface area (Å²) in [5, 5.41) is 9.97. The molecule has 3 aromatic carbocycles. The molecule has 5 nitrogen and oxygen atoms in total. The maximum atomic E-state index is 14.2. The number of fused-ring (bicyclic) bond motifs is 2. The zero-order valence-corrected chi connectivity index (χ0v) is 20.1. The van der Waals surface area contributed by atoms with Crippen LogP contribution >= 0.6 is 11.6 Å². The molecule has 0 saturated heterocycles. The molecule has 1 N–H and O–H groups in total. The van der Waals surface area contributed by atoms with Gasteiger partial charge < -0.3 is 9.84 Å². The highest BCUT2D eigenvalue weighted by atomic mass is 35.5. The van der Waals surface area contributed by atoms with Crippen LogP contribution in [0.3, 0.4) is 0 Å². The lowest BCUT2D eigenvalue weighted by Crippen LogP contribution is -2.38. The van der Waals surface area contributed by atoms with E-state index in [1.165, 1.54) is 0 Å². The number of aryl methyl sites for hydroxylation is 1. The van der Waals surface area contributed by atoms with E-state index < -0.39 is 11.4 Å². The summed E-state index contributed by atoms with van der Waals surface area (Å²) in [7, 11) is 0. The summed E-state index contributed by atoms with van der Waals surface area (Å²) < 4.78 is 6.16. The molecule has 2 aliphatic rings. The lowest BCUT2D eigenvalue weighted by molar-refractivity contribution is -0.136. The Morgan fingerprint density at radius 3 is 2.59 bits per heavy atom. The average molecular weight is 476 g/mol. The highest BCUT2D eigenvalue weighted by Crippen LogP contribution is 2.51. The smallest absolute Gasteiger partial charge is 0.307 e. The monoisotopic (exact) mass is 475 g/mol. The number of rotatable bonds is 4. The Morgan fingerprint density at radius 1 is 1.06 bits per heavy atom. The normalized spacial score (nSPS) is 20.5. The summed E-state index contributed by atoms with van der Waals surface area (Å²) in [6, 6.07) is 18.6. The number of ether oxygens (including phenoxy) is 1. The van der Waals surface area contributed by atoms with E-state index in [4.69, 9.17) is 16.3 Å². The van der Waals surface area contributed by atoms with Crippen molar-refractivity contribution in [2.75, 3.05) is 4.90 Å². The zero-order chi connectivity index (χ0) is 24.3. The number of aliphatic carboxylic acids is 1. The molecular weight excluding hydrogens is 450 g/mol. The van der Waals surface area contributed by atoms with E-state index in [0.29, 0.717) is 22.0 Å². The first-order valence-corrected chi connectivity index (χ1v) is 11.7. The molecule has 0 radical (unpaired) electrons. The summed E-state index contributed by atoms with van der Waals surface area (Å²) in [4.78, 5) is 27.4. The second-order valence-corrected chi connectivity index (χ2v) is 10.2. The molecular formula is C28H26ClNO4. The van der Waals surface area contributed by atoms with Gasteiger partial charge in [-0.1, -0.05) is 41.9 Å². The Hall–Kier alpha value is -3.31. The molecule has 34 heavy (non-hydrogen) atoms. The van der Waals surface area contributed by atoms with E-state index in [-0.39, 0.29) is 17.9 Å². The lowest BCUT2D eigenvalue weighted by atomic mass is 9.76. The third-order valence-corrected chi connectivity index (χ3v) is 7.20. The van der Waals surface area contributed by atoms with Gasteiger partial charge >= 0.3 is 5.97 Å². The predicted molar refractivity (Wildman–Crippen MR) is 132 cm³/mol. The van der Waals surface area contributed by atoms with Crippen molar-refractivity contribution in [3.05, 3.63) is 87.9 Å². The zero-order valence-electron chi connectivity index (χ0n) is 19.4. The van der Waals surface area contributed by atoms with E-state index in [9.17, 15) is 14.7 Å². The van der Waals surface area contributed by atoms with Crippen molar-refractivity contribution in [2.24, 2.45) is 0 Å². The van der Waals surface area contributed by atoms with Gasteiger partial charge in [-0.2, -0.15) is 0 Å². The number of carbonyl (C=O) groups excluding carboxylic acids is 1. The number of carboxylic acids is 1. The van der Waals surface area contributed by atoms with Crippen LogP contribution in [0.4, 0.5) is 11.4 Å². The molecule has 2 heterocycles. The van der Waals surface area contributed by atoms with Crippen molar-refractivity contribution in [3.63, 3.8) is 0 Å². The van der Waals surface area contributed by atoms with Gasteiger partial charge in [0, 0.05) is 5.02 Å². The fourth-order valence-corrected chi connectivity index (χ4v) is 5.25. The fourth-order valence-electron chi connectivity index (χ4n) is 5.08. The number of hydrogen-bond donors (Lipinski definition) is 1. The minimum atomic E-state index is -0.988. The highest BCUT2D eigenvalue weighted by molar-refractivity contribution is 6.31. The van der Waals surface area contributed by atoms with Gasteiger partial charge in [0.25, 0.3) is 0 Å². The predicted octanol–water partition coefficient (Wildman–Crippen LogP) is 6.06. The van der Waals surface area contributed by atoms with Crippen LogP contribution in [-0.4, -0.2) is 22.6 Å². The average Bonchev–Trinajstić information content (AvgIpc) is 3.00. The van der Waals surface area contributed by atoms with Gasteiger partial charge in [0.1, 0.15) is 11.4 Å². The molecule has 174 valence electrons. The maximum absolute atomic E-state index is 14.2. The molecule has 5 rings (SSSR count). The number of hydrogen-bond acceptors (Lipinski definition) is 3. The number of carbonyl (C=O) groups is 2. The summed E-state index contributed by atoms with van der Waals surface area (Å²) in [5.41, 5.74) is 3.41. The summed E-state index contributed by atoms with van der Waals surface area (Å²) in [6.45, 7) is 6.08. The van der Waals surface area contributed by atoms with Crippen LogP contribution in [-0.2, 0) is 27.8 Å². The summed E-state index contributed by atoms with van der Waals surface area (Å²) >= 11 is 6.40. The molecule has 0 spiro atoms. The first-order chi connectivity index (χ1) is 16.1. The third-order valence-electron chi connectivity index (χ3n) is 6.96. The standard InChI is InChI=1S/C28H26ClNO4/c1-27(2)13-12-18-14-19(8-11-24(18)34-27)28(3)21-16-20(29)9-10-23(21)30(26(28)33)22-7-5-4-6-17(22)15-25(31)32/h4-11,14,16H,12-13,15H2,1-3H3,(H,31,32)/t28-/m0/s1. The Kier molecular flexibility index (Phi) is 5.21. The van der Waals surface area contributed by atoms with E-state index in [1.54, 1.807) is 29.2 Å². The number of nitrogens with zero attached hydrogens (tertiary/aromatic N) is 1. The molecule has 0 bridgehead atoms. The number of carboxylic acid groups (broad SMARTS) is 1. The van der Waals surface area contributed by atoms with Crippen LogP contribution in [0.5, 0.6) is 5.75 Å². The quantitative estimate of drug-likeness (QED) is 0.498. The molecule has 0 fully saturated rings.